The first kappa shape index (κ1) is 15.4. The lowest BCUT2D eigenvalue weighted by molar-refractivity contribution is 0.408. The van der Waals surface area contributed by atoms with Gasteiger partial charge in [-0.2, -0.15) is 0 Å². The van der Waals surface area contributed by atoms with E-state index in [9.17, 15) is 0 Å². The van der Waals surface area contributed by atoms with Gasteiger partial charge >= 0.3 is 0 Å². The smallest absolute Gasteiger partial charge is 0.122 e. The number of hydrogen-bond acceptors (Lipinski definition) is 3. The molecule has 1 atom stereocenters. The predicted molar refractivity (Wildman–Crippen MR) is 89.5 cm³/mol. The maximum atomic E-state index is 6.22. The molecule has 0 fully saturated rings. The van der Waals surface area contributed by atoms with Gasteiger partial charge in [-0.15, -0.1) is 11.8 Å². The Morgan fingerprint density at radius 3 is 2.55 bits per heavy atom. The quantitative estimate of drug-likeness (QED) is 0.795. The van der Waals surface area contributed by atoms with Crippen molar-refractivity contribution in [2.75, 3.05) is 12.9 Å². The maximum absolute atomic E-state index is 6.22. The molecule has 2 N–H and O–H groups in total. The van der Waals surface area contributed by atoms with E-state index >= 15 is 0 Å². The van der Waals surface area contributed by atoms with E-state index in [4.69, 9.17) is 10.5 Å². The molecule has 1 unspecified atom stereocenters. The molecule has 20 heavy (non-hydrogen) atoms. The number of thioether (sulfide) groups is 1. The topological polar surface area (TPSA) is 35.2 Å². The Morgan fingerprint density at radius 1 is 1.15 bits per heavy atom. The van der Waals surface area contributed by atoms with Crippen molar-refractivity contribution in [1.29, 1.82) is 0 Å². The first-order valence-electron chi connectivity index (χ1n) is 6.45. The molecular weight excluding hydrogens is 334 g/mol. The van der Waals surface area contributed by atoms with Gasteiger partial charge in [0, 0.05) is 21.2 Å². The monoisotopic (exact) mass is 351 g/mol. The number of nitrogens with two attached hydrogens (primary N) is 1. The van der Waals surface area contributed by atoms with Gasteiger partial charge in [0.15, 0.2) is 0 Å². The van der Waals surface area contributed by atoms with Crippen LogP contribution in [0.4, 0.5) is 0 Å². The standard InChI is InChI=1S/C16H18BrNOS/c1-19-16-5-3-2-4-12(16)10-14(18)11-20-15-8-6-13(17)7-9-15/h2-9,14H,10-11,18H2,1H3. The van der Waals surface area contributed by atoms with Crippen LogP contribution in [0.3, 0.4) is 0 Å². The molecule has 2 rings (SSSR count). The van der Waals surface area contributed by atoms with E-state index in [0.29, 0.717) is 0 Å². The van der Waals surface area contributed by atoms with Crippen LogP contribution in [0.25, 0.3) is 0 Å². The van der Waals surface area contributed by atoms with Gasteiger partial charge in [-0.25, -0.2) is 0 Å². The van der Waals surface area contributed by atoms with Crippen LogP contribution in [0.1, 0.15) is 5.56 Å². The van der Waals surface area contributed by atoms with Crippen LogP contribution in [0.15, 0.2) is 57.9 Å². The third-order valence-corrected chi connectivity index (χ3v) is 4.68. The number of hydrogen-bond donors (Lipinski definition) is 1. The molecule has 106 valence electrons. The van der Waals surface area contributed by atoms with E-state index in [1.54, 1.807) is 18.9 Å². The molecule has 0 radical (unpaired) electrons. The molecule has 0 bridgehead atoms. The van der Waals surface area contributed by atoms with Gasteiger partial charge in [0.05, 0.1) is 7.11 Å². The molecule has 0 saturated carbocycles. The molecular formula is C16H18BrNOS. The number of halogens is 1. The van der Waals surface area contributed by atoms with Crippen LogP contribution in [0.5, 0.6) is 5.75 Å². The molecule has 0 aliphatic carbocycles. The van der Waals surface area contributed by atoms with Gasteiger partial charge < -0.3 is 10.5 Å². The summed E-state index contributed by atoms with van der Waals surface area (Å²) in [6, 6.07) is 16.5. The van der Waals surface area contributed by atoms with Crippen molar-refractivity contribution in [3.8, 4) is 5.75 Å². The molecule has 4 heteroatoms. The Hall–Kier alpha value is -0.970. The SMILES string of the molecule is COc1ccccc1CC(N)CSc1ccc(Br)cc1. The molecule has 0 aliphatic rings. The fraction of sp³-hybridized carbons (Fsp3) is 0.250. The highest BCUT2D eigenvalue weighted by atomic mass is 79.9. The normalized spacial score (nSPS) is 12.2. The zero-order chi connectivity index (χ0) is 14.4. The molecule has 0 aromatic heterocycles. The summed E-state index contributed by atoms with van der Waals surface area (Å²) in [4.78, 5) is 1.24. The number of methoxy groups -OCH3 is 1. The van der Waals surface area contributed by atoms with Crippen LogP contribution in [-0.2, 0) is 6.42 Å². The van der Waals surface area contributed by atoms with Gasteiger partial charge in [0.2, 0.25) is 0 Å². The second-order valence-electron chi connectivity index (χ2n) is 4.54. The molecule has 2 aromatic rings. The fourth-order valence-corrected chi connectivity index (χ4v) is 3.06. The van der Waals surface area contributed by atoms with E-state index in [0.717, 1.165) is 22.4 Å². The second-order valence-corrected chi connectivity index (χ2v) is 6.55. The molecule has 2 nitrogen and oxygen atoms in total. The van der Waals surface area contributed by atoms with E-state index in [2.05, 4.69) is 34.1 Å². The lowest BCUT2D eigenvalue weighted by atomic mass is 10.1. The van der Waals surface area contributed by atoms with E-state index in [1.165, 1.54) is 10.5 Å². The van der Waals surface area contributed by atoms with Crippen molar-refractivity contribution in [3.63, 3.8) is 0 Å². The highest BCUT2D eigenvalue weighted by Crippen LogP contribution is 2.23. The highest BCUT2D eigenvalue weighted by molar-refractivity contribution is 9.10. The van der Waals surface area contributed by atoms with Crippen molar-refractivity contribution < 1.29 is 4.74 Å². The summed E-state index contributed by atoms with van der Waals surface area (Å²) in [7, 11) is 1.70. The summed E-state index contributed by atoms with van der Waals surface area (Å²) >= 11 is 5.22. The van der Waals surface area contributed by atoms with Crippen LogP contribution in [0.2, 0.25) is 0 Å². The predicted octanol–water partition coefficient (Wildman–Crippen LogP) is 4.12. The minimum absolute atomic E-state index is 0.111. The Bertz CT molecular complexity index is 544. The summed E-state index contributed by atoms with van der Waals surface area (Å²) in [5.74, 6) is 1.80. The van der Waals surface area contributed by atoms with Crippen LogP contribution >= 0.6 is 27.7 Å². The molecule has 2 aromatic carbocycles. The first-order valence-corrected chi connectivity index (χ1v) is 8.22. The van der Waals surface area contributed by atoms with E-state index < -0.39 is 0 Å². The summed E-state index contributed by atoms with van der Waals surface area (Å²) in [5, 5.41) is 0. The van der Waals surface area contributed by atoms with Gasteiger partial charge in [-0.3, -0.25) is 0 Å². The summed E-state index contributed by atoms with van der Waals surface area (Å²) in [5.41, 5.74) is 7.39. The Balaban J connectivity index is 1.89. The first-order chi connectivity index (χ1) is 9.69. The van der Waals surface area contributed by atoms with Gasteiger partial charge in [0.1, 0.15) is 5.75 Å². The fourth-order valence-electron chi connectivity index (χ4n) is 1.95. The van der Waals surface area contributed by atoms with Crippen LogP contribution < -0.4 is 10.5 Å². The zero-order valence-electron chi connectivity index (χ0n) is 11.4. The Labute approximate surface area is 132 Å². The van der Waals surface area contributed by atoms with Crippen molar-refractivity contribution in [3.05, 3.63) is 58.6 Å². The second kappa shape index (κ2) is 7.72. The number of benzene rings is 2. The molecule has 0 aliphatic heterocycles. The van der Waals surface area contributed by atoms with E-state index in [-0.39, 0.29) is 6.04 Å². The van der Waals surface area contributed by atoms with Crippen molar-refractivity contribution >= 4 is 27.7 Å². The van der Waals surface area contributed by atoms with Crippen LogP contribution in [-0.4, -0.2) is 18.9 Å². The average Bonchev–Trinajstić information content (AvgIpc) is 2.47. The molecule has 0 saturated heterocycles. The highest BCUT2D eigenvalue weighted by Gasteiger charge is 2.09. The van der Waals surface area contributed by atoms with Crippen molar-refractivity contribution in [2.24, 2.45) is 5.73 Å². The van der Waals surface area contributed by atoms with Crippen LogP contribution in [0, 0.1) is 0 Å². The minimum atomic E-state index is 0.111. The largest absolute Gasteiger partial charge is 0.496 e. The Morgan fingerprint density at radius 2 is 1.85 bits per heavy atom. The van der Waals surface area contributed by atoms with Gasteiger partial charge in [-0.05, 0) is 42.3 Å². The van der Waals surface area contributed by atoms with Gasteiger partial charge in [-0.1, -0.05) is 34.1 Å². The summed E-state index contributed by atoms with van der Waals surface area (Å²) in [6.07, 6.45) is 0.827. The number of para-hydroxylation sites is 1. The third-order valence-electron chi connectivity index (χ3n) is 2.95. The molecule has 0 spiro atoms. The zero-order valence-corrected chi connectivity index (χ0v) is 13.8. The Kier molecular flexibility index (Phi) is 5.95. The average molecular weight is 352 g/mol. The molecule has 0 heterocycles. The molecule has 0 amide bonds. The lowest BCUT2D eigenvalue weighted by Crippen LogP contribution is -2.25. The van der Waals surface area contributed by atoms with Crippen molar-refractivity contribution in [1.82, 2.24) is 0 Å². The van der Waals surface area contributed by atoms with Gasteiger partial charge in [0.25, 0.3) is 0 Å². The number of ether oxygens (including phenoxy) is 1. The minimum Gasteiger partial charge on any atom is -0.496 e. The summed E-state index contributed by atoms with van der Waals surface area (Å²) < 4.78 is 6.45. The third kappa shape index (κ3) is 4.54. The van der Waals surface area contributed by atoms with E-state index in [1.807, 2.05) is 30.3 Å². The number of rotatable bonds is 6. The summed E-state index contributed by atoms with van der Waals surface area (Å²) in [6.45, 7) is 0. The van der Waals surface area contributed by atoms with Crippen molar-refractivity contribution in [2.45, 2.75) is 17.4 Å². The maximum Gasteiger partial charge on any atom is 0.122 e. The lowest BCUT2D eigenvalue weighted by Gasteiger charge is -2.14.